The second kappa shape index (κ2) is 5.19. The van der Waals surface area contributed by atoms with Gasteiger partial charge in [0, 0.05) is 12.1 Å². The van der Waals surface area contributed by atoms with Crippen LogP contribution >= 0.6 is 12.4 Å². The molecule has 0 aromatic heterocycles. The Kier molecular flexibility index (Phi) is 4.94. The predicted octanol–water partition coefficient (Wildman–Crippen LogP) is -0.614. The summed E-state index contributed by atoms with van der Waals surface area (Å²) in [6.07, 6.45) is 0. The third-order valence-electron chi connectivity index (χ3n) is 1.60. The number of benzene rings is 1. The van der Waals surface area contributed by atoms with Crippen LogP contribution in [0.3, 0.4) is 0 Å². The van der Waals surface area contributed by atoms with Gasteiger partial charge in [0.2, 0.25) is 0 Å². The van der Waals surface area contributed by atoms with Crippen molar-refractivity contribution in [1.82, 2.24) is 0 Å². The van der Waals surface area contributed by atoms with E-state index in [0.29, 0.717) is 5.56 Å². The Morgan fingerprint density at radius 3 is 2.38 bits per heavy atom. The molecule has 1 aromatic rings. The molecule has 0 aliphatic rings. The number of rotatable bonds is 2. The highest BCUT2D eigenvalue weighted by molar-refractivity contribution is 6.58. The quantitative estimate of drug-likeness (QED) is 0.564. The molecule has 0 saturated heterocycles. The van der Waals surface area contributed by atoms with Crippen LogP contribution in [-0.2, 0) is 6.54 Å². The Morgan fingerprint density at radius 1 is 1.38 bits per heavy atom. The maximum absolute atomic E-state index is 12.9. The van der Waals surface area contributed by atoms with Crippen LogP contribution in [0, 0.1) is 5.82 Å². The molecule has 0 aliphatic carbocycles. The maximum atomic E-state index is 12.9. The average molecular weight is 205 g/mol. The predicted molar refractivity (Wildman–Crippen MR) is 51.4 cm³/mol. The summed E-state index contributed by atoms with van der Waals surface area (Å²) in [4.78, 5) is 0. The number of hydrogen-bond acceptors (Lipinski definition) is 3. The zero-order valence-corrected chi connectivity index (χ0v) is 7.59. The molecule has 3 nitrogen and oxygen atoms in total. The summed E-state index contributed by atoms with van der Waals surface area (Å²) in [7, 11) is -1.63. The van der Waals surface area contributed by atoms with Crippen LogP contribution in [0.1, 0.15) is 5.56 Å². The van der Waals surface area contributed by atoms with E-state index in [-0.39, 0.29) is 24.4 Å². The minimum Gasteiger partial charge on any atom is -0.423 e. The molecule has 0 aliphatic heterocycles. The number of nitrogens with two attached hydrogens (primary N) is 1. The van der Waals surface area contributed by atoms with Crippen molar-refractivity contribution in [3.63, 3.8) is 0 Å². The van der Waals surface area contributed by atoms with Crippen molar-refractivity contribution in [1.29, 1.82) is 0 Å². The van der Waals surface area contributed by atoms with E-state index in [2.05, 4.69) is 0 Å². The number of halogens is 2. The van der Waals surface area contributed by atoms with Gasteiger partial charge in [-0.2, -0.15) is 0 Å². The summed E-state index contributed by atoms with van der Waals surface area (Å²) in [5.41, 5.74) is 5.70. The van der Waals surface area contributed by atoms with E-state index in [1.165, 1.54) is 12.1 Å². The highest BCUT2D eigenvalue weighted by Gasteiger charge is 2.12. The van der Waals surface area contributed by atoms with Crippen LogP contribution in [0.15, 0.2) is 18.2 Å². The standard InChI is InChI=1S/C7H9BFNO2.ClH/c9-7-3-6(8(11)12)2-1-5(7)4-10;/h1-3,11-12H,4,10H2;1H. The first-order chi connectivity index (χ1) is 5.65. The third kappa shape index (κ3) is 2.97. The molecular weight excluding hydrogens is 195 g/mol. The van der Waals surface area contributed by atoms with Gasteiger partial charge in [0.05, 0.1) is 0 Å². The van der Waals surface area contributed by atoms with Crippen LogP contribution in [-0.4, -0.2) is 17.2 Å². The van der Waals surface area contributed by atoms with Crippen molar-refractivity contribution >= 4 is 25.0 Å². The molecule has 0 unspecified atom stereocenters. The van der Waals surface area contributed by atoms with Crippen molar-refractivity contribution in [2.75, 3.05) is 0 Å². The summed E-state index contributed by atoms with van der Waals surface area (Å²) in [5, 5.41) is 17.3. The smallest absolute Gasteiger partial charge is 0.423 e. The van der Waals surface area contributed by atoms with Gasteiger partial charge in [0.1, 0.15) is 5.82 Å². The SMILES string of the molecule is Cl.NCc1ccc(B(O)O)cc1F. The molecule has 0 amide bonds. The first-order valence-corrected chi connectivity index (χ1v) is 3.49. The molecule has 72 valence electrons. The molecule has 6 heteroatoms. The second-order valence-electron chi connectivity index (χ2n) is 2.43. The van der Waals surface area contributed by atoms with Gasteiger partial charge in [-0.15, -0.1) is 12.4 Å². The molecule has 4 N–H and O–H groups in total. The van der Waals surface area contributed by atoms with Gasteiger partial charge < -0.3 is 15.8 Å². The Labute approximate surface area is 81.9 Å². The lowest BCUT2D eigenvalue weighted by atomic mass is 9.80. The van der Waals surface area contributed by atoms with Gasteiger partial charge in [-0.25, -0.2) is 4.39 Å². The van der Waals surface area contributed by atoms with E-state index in [1.807, 2.05) is 0 Å². The number of hydrogen-bond donors (Lipinski definition) is 3. The highest BCUT2D eigenvalue weighted by Crippen LogP contribution is 2.03. The van der Waals surface area contributed by atoms with Gasteiger partial charge in [-0.05, 0) is 11.5 Å². The van der Waals surface area contributed by atoms with Gasteiger partial charge in [0.15, 0.2) is 0 Å². The van der Waals surface area contributed by atoms with E-state index in [4.69, 9.17) is 15.8 Å². The van der Waals surface area contributed by atoms with Crippen molar-refractivity contribution in [3.8, 4) is 0 Å². The molecule has 1 rings (SSSR count). The fraction of sp³-hybridized carbons (Fsp3) is 0.143. The van der Waals surface area contributed by atoms with Crippen LogP contribution in [0.5, 0.6) is 0 Å². The van der Waals surface area contributed by atoms with E-state index < -0.39 is 12.9 Å². The van der Waals surface area contributed by atoms with Gasteiger partial charge in [0.25, 0.3) is 0 Å². The molecule has 0 heterocycles. The lowest BCUT2D eigenvalue weighted by Crippen LogP contribution is -2.30. The van der Waals surface area contributed by atoms with Gasteiger partial charge >= 0.3 is 7.12 Å². The average Bonchev–Trinajstić information content (AvgIpc) is 2.04. The van der Waals surface area contributed by atoms with Crippen LogP contribution in [0.25, 0.3) is 0 Å². The molecular formula is C7H10BClFNO2. The Hall–Kier alpha value is -0.615. The van der Waals surface area contributed by atoms with Crippen molar-refractivity contribution in [2.45, 2.75) is 6.54 Å². The normalized spacial score (nSPS) is 9.23. The minimum absolute atomic E-state index is 0. The Morgan fingerprint density at radius 2 is 2.00 bits per heavy atom. The zero-order chi connectivity index (χ0) is 9.14. The molecule has 0 atom stereocenters. The Balaban J connectivity index is 0.00000144. The summed E-state index contributed by atoms with van der Waals surface area (Å²) in [6, 6.07) is 3.92. The van der Waals surface area contributed by atoms with Crippen molar-refractivity contribution in [3.05, 3.63) is 29.6 Å². The summed E-state index contributed by atoms with van der Waals surface area (Å²) >= 11 is 0. The maximum Gasteiger partial charge on any atom is 0.488 e. The molecule has 0 radical (unpaired) electrons. The minimum atomic E-state index is -1.63. The van der Waals surface area contributed by atoms with Gasteiger partial charge in [-0.1, -0.05) is 12.1 Å². The van der Waals surface area contributed by atoms with Crippen LogP contribution < -0.4 is 11.2 Å². The van der Waals surface area contributed by atoms with Crippen molar-refractivity contribution < 1.29 is 14.4 Å². The fourth-order valence-electron chi connectivity index (χ4n) is 0.890. The highest BCUT2D eigenvalue weighted by atomic mass is 35.5. The molecule has 0 spiro atoms. The lowest BCUT2D eigenvalue weighted by Gasteiger charge is -2.02. The van der Waals surface area contributed by atoms with Crippen LogP contribution in [0.4, 0.5) is 4.39 Å². The molecule has 0 fully saturated rings. The van der Waals surface area contributed by atoms with E-state index in [9.17, 15) is 4.39 Å². The fourth-order valence-corrected chi connectivity index (χ4v) is 0.890. The first-order valence-electron chi connectivity index (χ1n) is 3.49. The van der Waals surface area contributed by atoms with E-state index in [0.717, 1.165) is 6.07 Å². The first kappa shape index (κ1) is 12.4. The molecule has 13 heavy (non-hydrogen) atoms. The van der Waals surface area contributed by atoms with Crippen molar-refractivity contribution in [2.24, 2.45) is 5.73 Å². The topological polar surface area (TPSA) is 66.5 Å². The summed E-state index contributed by atoms with van der Waals surface area (Å²) < 4.78 is 12.9. The van der Waals surface area contributed by atoms with E-state index >= 15 is 0 Å². The summed E-state index contributed by atoms with van der Waals surface area (Å²) in [5.74, 6) is -0.511. The molecule has 0 bridgehead atoms. The lowest BCUT2D eigenvalue weighted by molar-refractivity contribution is 0.425. The van der Waals surface area contributed by atoms with Crippen LogP contribution in [0.2, 0.25) is 0 Å². The zero-order valence-electron chi connectivity index (χ0n) is 6.77. The third-order valence-corrected chi connectivity index (χ3v) is 1.60. The summed E-state index contributed by atoms with van der Waals surface area (Å²) in [6.45, 7) is 0.105. The Bertz CT molecular complexity index is 285. The van der Waals surface area contributed by atoms with E-state index in [1.54, 1.807) is 0 Å². The molecule has 1 aromatic carbocycles. The second-order valence-corrected chi connectivity index (χ2v) is 2.43. The monoisotopic (exact) mass is 205 g/mol. The largest absolute Gasteiger partial charge is 0.488 e. The molecule has 0 saturated carbocycles. The van der Waals surface area contributed by atoms with Gasteiger partial charge in [-0.3, -0.25) is 0 Å².